The van der Waals surface area contributed by atoms with E-state index < -0.39 is 18.5 Å². The van der Waals surface area contributed by atoms with Gasteiger partial charge in [0.1, 0.15) is 17.1 Å². The molecule has 1 heterocycles. The third kappa shape index (κ3) is 4.43. The maximum Gasteiger partial charge on any atom is 0.310 e. The number of furan rings is 1. The van der Waals surface area contributed by atoms with Gasteiger partial charge in [-0.25, -0.2) is 0 Å². The molecule has 0 aliphatic carbocycles. The number of benzene rings is 2. The van der Waals surface area contributed by atoms with E-state index in [4.69, 9.17) is 18.6 Å². The van der Waals surface area contributed by atoms with Gasteiger partial charge < -0.3 is 23.9 Å². The van der Waals surface area contributed by atoms with E-state index in [1.807, 2.05) is 25.1 Å². The van der Waals surface area contributed by atoms with Crippen LogP contribution < -0.4 is 14.8 Å². The lowest BCUT2D eigenvalue weighted by atomic mass is 10.1. The predicted molar refractivity (Wildman–Crippen MR) is 104 cm³/mol. The minimum absolute atomic E-state index is 0.0230. The molecule has 3 rings (SSSR count). The van der Waals surface area contributed by atoms with Crippen LogP contribution in [0.3, 0.4) is 0 Å². The van der Waals surface area contributed by atoms with Gasteiger partial charge in [-0.1, -0.05) is 12.1 Å². The molecule has 0 atom stereocenters. The van der Waals surface area contributed by atoms with Crippen molar-refractivity contribution >= 4 is 28.5 Å². The van der Waals surface area contributed by atoms with Crippen LogP contribution in [-0.2, 0) is 20.7 Å². The molecule has 7 heteroatoms. The van der Waals surface area contributed by atoms with Crippen molar-refractivity contribution < 1.29 is 28.2 Å². The molecular formula is C21H21NO6. The number of hydrogen-bond donors (Lipinski definition) is 1. The van der Waals surface area contributed by atoms with E-state index in [0.717, 1.165) is 16.5 Å². The first-order valence-corrected chi connectivity index (χ1v) is 8.64. The van der Waals surface area contributed by atoms with Gasteiger partial charge >= 0.3 is 5.97 Å². The van der Waals surface area contributed by atoms with Gasteiger partial charge in [0.25, 0.3) is 5.91 Å². The second-order valence-electron chi connectivity index (χ2n) is 6.21. The number of anilines is 1. The summed E-state index contributed by atoms with van der Waals surface area (Å²) in [6.45, 7) is 1.56. The van der Waals surface area contributed by atoms with Gasteiger partial charge in [0.2, 0.25) is 0 Å². The van der Waals surface area contributed by atoms with E-state index in [-0.39, 0.29) is 6.42 Å². The van der Waals surface area contributed by atoms with Crippen LogP contribution in [0.2, 0.25) is 0 Å². The first-order chi connectivity index (χ1) is 13.5. The molecule has 1 N–H and O–H groups in total. The first kappa shape index (κ1) is 19.3. The number of esters is 1. The van der Waals surface area contributed by atoms with Crippen LogP contribution in [-0.4, -0.2) is 32.7 Å². The summed E-state index contributed by atoms with van der Waals surface area (Å²) >= 11 is 0. The first-order valence-electron chi connectivity index (χ1n) is 8.64. The summed E-state index contributed by atoms with van der Waals surface area (Å²) in [5.74, 6) is 0.0626. The van der Waals surface area contributed by atoms with Crippen LogP contribution in [0.15, 0.2) is 47.1 Å². The van der Waals surface area contributed by atoms with Crippen molar-refractivity contribution in [3.05, 3.63) is 53.8 Å². The van der Waals surface area contributed by atoms with Crippen molar-refractivity contribution in [2.24, 2.45) is 0 Å². The Morgan fingerprint density at radius 2 is 1.89 bits per heavy atom. The third-order valence-electron chi connectivity index (χ3n) is 4.19. The number of carbonyl (C=O) groups is 2. The summed E-state index contributed by atoms with van der Waals surface area (Å²) in [7, 11) is 3.03. The van der Waals surface area contributed by atoms with E-state index in [0.29, 0.717) is 22.8 Å². The van der Waals surface area contributed by atoms with E-state index in [1.54, 1.807) is 18.2 Å². The average Bonchev–Trinajstić information content (AvgIpc) is 3.08. The molecule has 0 saturated heterocycles. The number of aryl methyl sites for hydroxylation is 1. The van der Waals surface area contributed by atoms with Crippen LogP contribution in [0.1, 0.15) is 11.1 Å². The highest BCUT2D eigenvalue weighted by Gasteiger charge is 2.14. The van der Waals surface area contributed by atoms with Crippen molar-refractivity contribution in [1.29, 1.82) is 0 Å². The largest absolute Gasteiger partial charge is 0.497 e. The Hall–Kier alpha value is -3.48. The fourth-order valence-electron chi connectivity index (χ4n) is 2.77. The van der Waals surface area contributed by atoms with Crippen molar-refractivity contribution in [1.82, 2.24) is 0 Å². The Morgan fingerprint density at radius 1 is 1.07 bits per heavy atom. The van der Waals surface area contributed by atoms with E-state index in [1.165, 1.54) is 20.5 Å². The second-order valence-corrected chi connectivity index (χ2v) is 6.21. The van der Waals surface area contributed by atoms with Gasteiger partial charge in [-0.05, 0) is 30.7 Å². The Kier molecular flexibility index (Phi) is 5.84. The zero-order chi connectivity index (χ0) is 20.1. The molecule has 3 aromatic rings. The third-order valence-corrected chi connectivity index (χ3v) is 4.19. The molecule has 2 aromatic carbocycles. The number of rotatable bonds is 7. The topological polar surface area (TPSA) is 87.0 Å². The fourth-order valence-corrected chi connectivity index (χ4v) is 2.77. The van der Waals surface area contributed by atoms with Crippen LogP contribution >= 0.6 is 0 Å². The Bertz CT molecular complexity index is 1010. The van der Waals surface area contributed by atoms with Crippen molar-refractivity contribution in [2.75, 3.05) is 26.1 Å². The number of amides is 1. The standard InChI is InChI=1S/C21H21NO6/c1-13-4-6-16-14(11-27-18(16)8-13)9-21(24)28-12-20(23)22-17-7-5-15(25-2)10-19(17)26-3/h4-8,10-11H,9,12H2,1-3H3,(H,22,23). The highest BCUT2D eigenvalue weighted by Crippen LogP contribution is 2.29. The number of methoxy groups -OCH3 is 2. The van der Waals surface area contributed by atoms with Gasteiger partial charge in [0, 0.05) is 17.0 Å². The summed E-state index contributed by atoms with van der Waals surface area (Å²) in [6, 6.07) is 10.7. The van der Waals surface area contributed by atoms with Gasteiger partial charge in [0.05, 0.1) is 32.6 Å². The van der Waals surface area contributed by atoms with Crippen molar-refractivity contribution in [2.45, 2.75) is 13.3 Å². The number of nitrogens with one attached hydrogen (secondary N) is 1. The normalized spacial score (nSPS) is 10.5. The van der Waals surface area contributed by atoms with Gasteiger partial charge in [-0.15, -0.1) is 0 Å². The van der Waals surface area contributed by atoms with Crippen LogP contribution in [0, 0.1) is 6.92 Å². The number of ether oxygens (including phenoxy) is 3. The lowest BCUT2D eigenvalue weighted by Gasteiger charge is -2.11. The maximum absolute atomic E-state index is 12.1. The van der Waals surface area contributed by atoms with Crippen LogP contribution in [0.5, 0.6) is 11.5 Å². The van der Waals surface area contributed by atoms with Gasteiger partial charge in [-0.3, -0.25) is 9.59 Å². The summed E-state index contributed by atoms with van der Waals surface area (Å²) in [4.78, 5) is 24.2. The molecule has 28 heavy (non-hydrogen) atoms. The van der Waals surface area contributed by atoms with Gasteiger partial charge in [-0.2, -0.15) is 0 Å². The molecule has 0 aliphatic rings. The lowest BCUT2D eigenvalue weighted by Crippen LogP contribution is -2.21. The monoisotopic (exact) mass is 383 g/mol. The molecule has 146 valence electrons. The molecule has 0 aliphatic heterocycles. The summed E-state index contributed by atoms with van der Waals surface area (Å²) < 4.78 is 20.9. The van der Waals surface area contributed by atoms with E-state index >= 15 is 0 Å². The van der Waals surface area contributed by atoms with E-state index in [2.05, 4.69) is 5.32 Å². The molecule has 0 bridgehead atoms. The summed E-state index contributed by atoms with van der Waals surface area (Å²) in [5.41, 5.74) is 2.96. The zero-order valence-electron chi connectivity index (χ0n) is 15.9. The minimum Gasteiger partial charge on any atom is -0.497 e. The highest BCUT2D eigenvalue weighted by atomic mass is 16.5. The smallest absolute Gasteiger partial charge is 0.310 e. The molecule has 0 spiro atoms. The number of hydrogen-bond acceptors (Lipinski definition) is 6. The summed E-state index contributed by atoms with van der Waals surface area (Å²) in [5, 5.41) is 3.50. The maximum atomic E-state index is 12.1. The Morgan fingerprint density at radius 3 is 2.64 bits per heavy atom. The predicted octanol–water partition coefficient (Wildman–Crippen LogP) is 3.48. The number of carbonyl (C=O) groups excluding carboxylic acids is 2. The second kappa shape index (κ2) is 8.47. The molecule has 7 nitrogen and oxygen atoms in total. The lowest BCUT2D eigenvalue weighted by molar-refractivity contribution is -0.146. The molecule has 0 fully saturated rings. The molecular weight excluding hydrogens is 362 g/mol. The molecule has 0 saturated carbocycles. The van der Waals surface area contributed by atoms with Crippen molar-refractivity contribution in [3.63, 3.8) is 0 Å². The molecule has 1 amide bonds. The SMILES string of the molecule is COc1ccc(NC(=O)COC(=O)Cc2coc3cc(C)ccc23)c(OC)c1. The highest BCUT2D eigenvalue weighted by molar-refractivity contribution is 5.94. The number of fused-ring (bicyclic) bond motifs is 1. The Balaban J connectivity index is 1.56. The van der Waals surface area contributed by atoms with Crippen molar-refractivity contribution in [3.8, 4) is 11.5 Å². The van der Waals surface area contributed by atoms with Gasteiger partial charge in [0.15, 0.2) is 6.61 Å². The zero-order valence-corrected chi connectivity index (χ0v) is 15.9. The molecule has 0 radical (unpaired) electrons. The fraction of sp³-hybridized carbons (Fsp3) is 0.238. The van der Waals surface area contributed by atoms with E-state index in [9.17, 15) is 9.59 Å². The summed E-state index contributed by atoms with van der Waals surface area (Å²) in [6.07, 6.45) is 1.56. The van der Waals surface area contributed by atoms with Crippen LogP contribution in [0.4, 0.5) is 5.69 Å². The van der Waals surface area contributed by atoms with Crippen LogP contribution in [0.25, 0.3) is 11.0 Å². The Labute approximate surface area is 162 Å². The minimum atomic E-state index is -0.514. The molecule has 0 unspecified atom stereocenters. The quantitative estimate of drug-likeness (QED) is 0.629. The average molecular weight is 383 g/mol. The molecule has 1 aromatic heterocycles.